The molecule has 1 heterocycles. The predicted molar refractivity (Wildman–Crippen MR) is 134 cm³/mol. The van der Waals surface area contributed by atoms with E-state index in [1.807, 2.05) is 67.7 Å². The molecule has 0 unspecified atom stereocenters. The Morgan fingerprint density at radius 2 is 0.964 bits per heavy atom. The lowest BCUT2D eigenvalue weighted by Gasteiger charge is -2.07. The first kappa shape index (κ1) is 33.9. The van der Waals surface area contributed by atoms with E-state index < -0.39 is 0 Å². The third-order valence-corrected chi connectivity index (χ3v) is 3.48. The highest BCUT2D eigenvalue weighted by Gasteiger charge is 2.01. The second kappa shape index (κ2) is 25.4. The molecule has 0 fully saturated rings. The van der Waals surface area contributed by atoms with Gasteiger partial charge in [0, 0.05) is 11.9 Å². The molecule has 0 aliphatic rings. The van der Waals surface area contributed by atoms with E-state index in [1.54, 1.807) is 0 Å². The minimum atomic E-state index is 0.591. The maximum atomic E-state index is 4.20. The summed E-state index contributed by atoms with van der Waals surface area (Å²) in [6.07, 6.45) is 1.83. The molecular weight excluding hydrogens is 338 g/mol. The Balaban J connectivity index is -0.000000152. The van der Waals surface area contributed by atoms with E-state index in [0.29, 0.717) is 11.8 Å². The highest BCUT2D eigenvalue weighted by molar-refractivity contribution is 5.27. The monoisotopic (exact) mass is 389 g/mol. The zero-order chi connectivity index (χ0) is 23.1. The van der Waals surface area contributed by atoms with Crippen LogP contribution in [0.4, 0.5) is 0 Å². The highest BCUT2D eigenvalue weighted by atomic mass is 14.7. The van der Waals surface area contributed by atoms with E-state index in [1.165, 1.54) is 16.7 Å². The number of hydrogen-bond acceptors (Lipinski definition) is 1. The molecule has 28 heavy (non-hydrogen) atoms. The van der Waals surface area contributed by atoms with Crippen LogP contribution in [0.25, 0.3) is 0 Å². The zero-order valence-corrected chi connectivity index (χ0v) is 21.6. The Morgan fingerprint density at radius 3 is 1.25 bits per heavy atom. The maximum absolute atomic E-state index is 4.20. The van der Waals surface area contributed by atoms with Crippen LogP contribution in [0.2, 0.25) is 0 Å². The fourth-order valence-electron chi connectivity index (χ4n) is 2.34. The fraction of sp³-hybridized carbons (Fsp3) is 0.593. The predicted octanol–water partition coefficient (Wildman–Crippen LogP) is 9.74. The second-order valence-electron chi connectivity index (χ2n) is 5.84. The van der Waals surface area contributed by atoms with Gasteiger partial charge in [-0.25, -0.2) is 0 Å². The number of rotatable bonds is 2. The molecule has 164 valence electrons. The summed E-state index contributed by atoms with van der Waals surface area (Å²) in [5.41, 5.74) is 5.36. The van der Waals surface area contributed by atoms with Crippen molar-refractivity contribution in [1.29, 1.82) is 0 Å². The topological polar surface area (TPSA) is 12.9 Å². The van der Waals surface area contributed by atoms with Gasteiger partial charge in [-0.05, 0) is 48.4 Å². The number of aromatic nitrogens is 1. The van der Waals surface area contributed by atoms with E-state index in [2.05, 4.69) is 76.9 Å². The van der Waals surface area contributed by atoms with Gasteiger partial charge in [-0.15, -0.1) is 0 Å². The molecule has 0 aliphatic heterocycles. The third-order valence-electron chi connectivity index (χ3n) is 3.48. The van der Waals surface area contributed by atoms with Gasteiger partial charge in [-0.2, -0.15) is 0 Å². The zero-order valence-electron chi connectivity index (χ0n) is 21.6. The molecular formula is C27H51N. The van der Waals surface area contributed by atoms with Crippen LogP contribution in [0, 0.1) is 13.8 Å². The second-order valence-corrected chi connectivity index (χ2v) is 5.84. The minimum Gasteiger partial charge on any atom is -0.261 e. The molecule has 1 nitrogen and oxygen atoms in total. The van der Waals surface area contributed by atoms with Crippen molar-refractivity contribution in [3.63, 3.8) is 0 Å². The molecule has 0 radical (unpaired) electrons. The summed E-state index contributed by atoms with van der Waals surface area (Å²) in [7, 11) is 0. The van der Waals surface area contributed by atoms with Crippen molar-refractivity contribution < 1.29 is 0 Å². The Kier molecular flexibility index (Phi) is 30.7. The van der Waals surface area contributed by atoms with Crippen LogP contribution < -0.4 is 0 Å². The molecule has 1 heteroatoms. The van der Waals surface area contributed by atoms with Crippen molar-refractivity contribution in [3.05, 3.63) is 65.0 Å². The standard InChI is InChI=1S/C10H14.C9H13N.4C2H6/c1-8(2)10-7-5-4-6-9(10)3;1-7(2)9-5-4-6-10-8(9)3;4*1-2/h4-8H,1-3H3;4-7H,1-3H3;4*1-2H3. The Morgan fingerprint density at radius 1 is 0.571 bits per heavy atom. The number of benzene rings is 1. The molecule has 0 saturated carbocycles. The van der Waals surface area contributed by atoms with Gasteiger partial charge in [0.25, 0.3) is 0 Å². The quantitative estimate of drug-likeness (QED) is 0.498. The van der Waals surface area contributed by atoms with Crippen LogP contribution in [0.3, 0.4) is 0 Å². The largest absolute Gasteiger partial charge is 0.261 e. The van der Waals surface area contributed by atoms with E-state index in [-0.39, 0.29) is 0 Å². The first-order valence-corrected chi connectivity index (χ1v) is 11.4. The summed E-state index contributed by atoms with van der Waals surface area (Å²) in [5.74, 6) is 1.25. The number of nitrogens with zero attached hydrogens (tertiary/aromatic N) is 1. The van der Waals surface area contributed by atoms with Crippen molar-refractivity contribution in [2.45, 2.75) is 109 Å². The molecule has 0 spiro atoms. The van der Waals surface area contributed by atoms with Crippen LogP contribution in [-0.2, 0) is 0 Å². The molecule has 0 saturated heterocycles. The van der Waals surface area contributed by atoms with Gasteiger partial charge in [-0.1, -0.05) is 113 Å². The van der Waals surface area contributed by atoms with E-state index in [9.17, 15) is 0 Å². The van der Waals surface area contributed by atoms with Crippen molar-refractivity contribution in [1.82, 2.24) is 4.98 Å². The summed E-state index contributed by atoms with van der Waals surface area (Å²) >= 11 is 0. The van der Waals surface area contributed by atoms with E-state index >= 15 is 0 Å². The molecule has 1 aromatic carbocycles. The van der Waals surface area contributed by atoms with Crippen LogP contribution in [0.15, 0.2) is 42.6 Å². The molecule has 0 N–H and O–H groups in total. The normalized spacial score (nSPS) is 8.29. The van der Waals surface area contributed by atoms with Gasteiger partial charge in [0.2, 0.25) is 0 Å². The summed E-state index contributed by atoms with van der Waals surface area (Å²) in [5, 5.41) is 0. The molecule has 2 aromatic rings. The third kappa shape index (κ3) is 16.5. The van der Waals surface area contributed by atoms with Gasteiger partial charge in [-0.3, -0.25) is 4.98 Å². The number of hydrogen-bond donors (Lipinski definition) is 0. The van der Waals surface area contributed by atoms with Gasteiger partial charge in [0.05, 0.1) is 0 Å². The Bertz CT molecular complexity index is 478. The first-order valence-electron chi connectivity index (χ1n) is 11.4. The molecule has 0 amide bonds. The smallest absolute Gasteiger partial charge is 0.0407 e. The SMILES string of the molecule is CC.CC.CC.CC.Cc1ccccc1C(C)C.Cc1ncccc1C(C)C. The molecule has 2 rings (SSSR count). The summed E-state index contributed by atoms with van der Waals surface area (Å²) in [6, 6.07) is 12.7. The lowest BCUT2D eigenvalue weighted by molar-refractivity contribution is 0.843. The Hall–Kier alpha value is -1.63. The van der Waals surface area contributed by atoms with E-state index in [0.717, 1.165) is 5.69 Å². The van der Waals surface area contributed by atoms with Gasteiger partial charge in [0.1, 0.15) is 0 Å². The van der Waals surface area contributed by atoms with Crippen molar-refractivity contribution in [2.24, 2.45) is 0 Å². The average molecular weight is 390 g/mol. The molecule has 0 atom stereocenters. The van der Waals surface area contributed by atoms with Crippen molar-refractivity contribution >= 4 is 0 Å². The van der Waals surface area contributed by atoms with Gasteiger partial charge >= 0.3 is 0 Å². The Labute approximate surface area is 179 Å². The molecule has 0 bridgehead atoms. The summed E-state index contributed by atoms with van der Waals surface area (Å²) in [6.45, 7) is 29.0. The lowest BCUT2D eigenvalue weighted by Crippen LogP contribution is -1.92. The van der Waals surface area contributed by atoms with Crippen LogP contribution in [0.1, 0.15) is 117 Å². The van der Waals surface area contributed by atoms with Gasteiger partial charge < -0.3 is 0 Å². The summed E-state index contributed by atoms with van der Waals surface area (Å²) < 4.78 is 0. The lowest BCUT2D eigenvalue weighted by atomic mass is 9.99. The van der Waals surface area contributed by atoms with Crippen molar-refractivity contribution in [2.75, 3.05) is 0 Å². The van der Waals surface area contributed by atoms with E-state index in [4.69, 9.17) is 0 Å². The van der Waals surface area contributed by atoms with Crippen LogP contribution >= 0.6 is 0 Å². The number of aryl methyl sites for hydroxylation is 2. The molecule has 1 aromatic heterocycles. The highest BCUT2D eigenvalue weighted by Crippen LogP contribution is 2.17. The average Bonchev–Trinajstić information content (AvgIpc) is 2.75. The van der Waals surface area contributed by atoms with Gasteiger partial charge in [0.15, 0.2) is 0 Å². The van der Waals surface area contributed by atoms with Crippen molar-refractivity contribution in [3.8, 4) is 0 Å². The maximum Gasteiger partial charge on any atom is 0.0407 e. The number of pyridine rings is 1. The fourth-order valence-corrected chi connectivity index (χ4v) is 2.34. The summed E-state index contributed by atoms with van der Waals surface area (Å²) in [4.78, 5) is 4.20. The van der Waals surface area contributed by atoms with Crippen LogP contribution in [-0.4, -0.2) is 4.98 Å². The molecule has 0 aliphatic carbocycles. The minimum absolute atomic E-state index is 0.591. The first-order chi connectivity index (χ1) is 13.4. The van der Waals surface area contributed by atoms with Crippen LogP contribution in [0.5, 0.6) is 0 Å².